The van der Waals surface area contributed by atoms with Crippen LogP contribution in [0.3, 0.4) is 0 Å². The van der Waals surface area contributed by atoms with Gasteiger partial charge in [0.25, 0.3) is 0 Å². The van der Waals surface area contributed by atoms with Crippen molar-refractivity contribution in [3.8, 4) is 0 Å². The molecule has 1 nitrogen and oxygen atoms in total. The maximum atomic E-state index is 10.2. The van der Waals surface area contributed by atoms with Gasteiger partial charge < -0.3 is 5.11 Å². The van der Waals surface area contributed by atoms with E-state index in [-0.39, 0.29) is 6.10 Å². The third-order valence-corrected chi connectivity index (χ3v) is 5.00. The van der Waals surface area contributed by atoms with Gasteiger partial charge in [-0.15, -0.1) is 11.8 Å². The van der Waals surface area contributed by atoms with Crippen LogP contribution in [0, 0.1) is 5.92 Å². The molecule has 1 aliphatic rings. The average Bonchev–Trinajstić information content (AvgIpc) is 2.37. The number of benzene rings is 1. The first-order valence-corrected chi connectivity index (χ1v) is 8.10. The molecule has 2 rings (SSSR count). The number of hydrogen-bond acceptors (Lipinski definition) is 2. The third kappa shape index (κ3) is 4.31. The Morgan fingerprint density at radius 2 is 2.06 bits per heavy atom. The van der Waals surface area contributed by atoms with Gasteiger partial charge in [-0.2, -0.15) is 0 Å². The number of halogens is 1. The van der Waals surface area contributed by atoms with Gasteiger partial charge in [-0.1, -0.05) is 41.3 Å². The first kappa shape index (κ1) is 13.4. The van der Waals surface area contributed by atoms with Gasteiger partial charge >= 0.3 is 0 Å². The molecule has 3 heteroatoms. The van der Waals surface area contributed by atoms with Crippen LogP contribution in [-0.4, -0.2) is 17.0 Å². The van der Waals surface area contributed by atoms with Gasteiger partial charge in [0, 0.05) is 15.1 Å². The minimum Gasteiger partial charge on any atom is -0.392 e. The quantitative estimate of drug-likeness (QED) is 0.827. The van der Waals surface area contributed by atoms with Crippen LogP contribution in [0.15, 0.2) is 33.6 Å². The standard InChI is InChI=1S/C14H19BrOS/c15-12-7-4-8-13(9-12)17-10-14(16)11-5-2-1-3-6-11/h4,7-9,11,14,16H,1-3,5-6,10H2. The molecule has 0 aliphatic heterocycles. The van der Waals surface area contributed by atoms with Crippen LogP contribution < -0.4 is 0 Å². The van der Waals surface area contributed by atoms with Gasteiger partial charge in [-0.3, -0.25) is 0 Å². The molecule has 1 unspecified atom stereocenters. The summed E-state index contributed by atoms with van der Waals surface area (Å²) in [5.41, 5.74) is 0. The molecule has 1 aromatic rings. The monoisotopic (exact) mass is 314 g/mol. The van der Waals surface area contributed by atoms with Gasteiger partial charge in [0.2, 0.25) is 0 Å². The maximum Gasteiger partial charge on any atom is 0.0662 e. The van der Waals surface area contributed by atoms with Crippen molar-refractivity contribution in [2.24, 2.45) is 5.92 Å². The van der Waals surface area contributed by atoms with E-state index in [0.29, 0.717) is 5.92 Å². The summed E-state index contributed by atoms with van der Waals surface area (Å²) in [6.45, 7) is 0. The molecule has 17 heavy (non-hydrogen) atoms. The molecule has 0 bridgehead atoms. The molecule has 0 radical (unpaired) electrons. The minimum absolute atomic E-state index is 0.140. The molecule has 0 saturated heterocycles. The first-order valence-electron chi connectivity index (χ1n) is 6.32. The predicted octanol–water partition coefficient (Wildman–Crippen LogP) is 4.48. The summed E-state index contributed by atoms with van der Waals surface area (Å²) in [4.78, 5) is 1.23. The summed E-state index contributed by atoms with van der Waals surface area (Å²) in [6.07, 6.45) is 6.22. The lowest BCUT2D eigenvalue weighted by Gasteiger charge is -2.26. The van der Waals surface area contributed by atoms with Crippen molar-refractivity contribution in [1.82, 2.24) is 0 Å². The van der Waals surface area contributed by atoms with Crippen molar-refractivity contribution in [1.29, 1.82) is 0 Å². The van der Waals surface area contributed by atoms with E-state index in [1.54, 1.807) is 11.8 Å². The lowest BCUT2D eigenvalue weighted by Crippen LogP contribution is -2.24. The Labute approximate surface area is 116 Å². The van der Waals surface area contributed by atoms with E-state index in [1.165, 1.54) is 37.0 Å². The summed E-state index contributed by atoms with van der Waals surface area (Å²) < 4.78 is 1.11. The Balaban J connectivity index is 1.80. The molecule has 94 valence electrons. The molecule has 0 spiro atoms. The second kappa shape index (κ2) is 6.81. The molecule has 0 aromatic heterocycles. The summed E-state index contributed by atoms with van der Waals surface area (Å²) in [6, 6.07) is 8.28. The van der Waals surface area contributed by atoms with Crippen LogP contribution >= 0.6 is 27.7 Å². The Kier molecular flexibility index (Phi) is 5.39. The Morgan fingerprint density at radius 1 is 1.29 bits per heavy atom. The topological polar surface area (TPSA) is 20.2 Å². The first-order chi connectivity index (χ1) is 8.25. The van der Waals surface area contributed by atoms with Crippen LogP contribution in [0.1, 0.15) is 32.1 Å². The highest BCUT2D eigenvalue weighted by Crippen LogP contribution is 2.30. The van der Waals surface area contributed by atoms with Crippen molar-refractivity contribution < 1.29 is 5.11 Å². The molecule has 1 fully saturated rings. The fourth-order valence-corrected chi connectivity index (χ4v) is 3.96. The van der Waals surface area contributed by atoms with E-state index in [4.69, 9.17) is 0 Å². The smallest absolute Gasteiger partial charge is 0.0662 e. The second-order valence-electron chi connectivity index (χ2n) is 4.73. The van der Waals surface area contributed by atoms with E-state index in [1.807, 2.05) is 12.1 Å². The van der Waals surface area contributed by atoms with Crippen molar-refractivity contribution in [2.45, 2.75) is 43.1 Å². The molecule has 1 N–H and O–H groups in total. The highest BCUT2D eigenvalue weighted by atomic mass is 79.9. The normalized spacial score (nSPS) is 19.2. The number of thioether (sulfide) groups is 1. The Bertz CT molecular complexity index is 350. The second-order valence-corrected chi connectivity index (χ2v) is 6.74. The predicted molar refractivity (Wildman–Crippen MR) is 77.4 cm³/mol. The molecule has 0 amide bonds. The summed E-state index contributed by atoms with van der Waals surface area (Å²) in [5.74, 6) is 1.35. The van der Waals surface area contributed by atoms with Crippen LogP contribution in [0.4, 0.5) is 0 Å². The number of hydrogen-bond donors (Lipinski definition) is 1. The Morgan fingerprint density at radius 3 is 2.76 bits per heavy atom. The van der Waals surface area contributed by atoms with Crippen LogP contribution in [0.5, 0.6) is 0 Å². The number of rotatable bonds is 4. The average molecular weight is 315 g/mol. The minimum atomic E-state index is -0.140. The molecular formula is C14H19BrOS. The molecule has 1 aromatic carbocycles. The summed E-state index contributed by atoms with van der Waals surface area (Å²) >= 11 is 5.23. The molecule has 1 atom stereocenters. The fourth-order valence-electron chi connectivity index (χ4n) is 2.39. The largest absolute Gasteiger partial charge is 0.392 e. The molecule has 1 saturated carbocycles. The van der Waals surface area contributed by atoms with E-state index in [0.717, 1.165) is 10.2 Å². The number of aliphatic hydroxyl groups excluding tert-OH is 1. The zero-order valence-corrected chi connectivity index (χ0v) is 12.3. The van der Waals surface area contributed by atoms with Crippen molar-refractivity contribution in [3.63, 3.8) is 0 Å². The third-order valence-electron chi connectivity index (χ3n) is 3.41. The van der Waals surface area contributed by atoms with Crippen LogP contribution in [-0.2, 0) is 0 Å². The van der Waals surface area contributed by atoms with Crippen molar-refractivity contribution in [2.75, 3.05) is 5.75 Å². The fraction of sp³-hybridized carbons (Fsp3) is 0.571. The highest BCUT2D eigenvalue weighted by Gasteiger charge is 2.21. The van der Waals surface area contributed by atoms with E-state index in [9.17, 15) is 5.11 Å². The summed E-state index contributed by atoms with van der Waals surface area (Å²) in [7, 11) is 0. The molecular weight excluding hydrogens is 296 g/mol. The van der Waals surface area contributed by atoms with Crippen LogP contribution in [0.25, 0.3) is 0 Å². The van der Waals surface area contributed by atoms with E-state index in [2.05, 4.69) is 28.1 Å². The van der Waals surface area contributed by atoms with Gasteiger partial charge in [0.05, 0.1) is 6.10 Å². The van der Waals surface area contributed by atoms with Gasteiger partial charge in [0.15, 0.2) is 0 Å². The zero-order valence-electron chi connectivity index (χ0n) is 9.94. The van der Waals surface area contributed by atoms with Gasteiger partial charge in [-0.25, -0.2) is 0 Å². The van der Waals surface area contributed by atoms with Crippen molar-refractivity contribution in [3.05, 3.63) is 28.7 Å². The molecule has 0 heterocycles. The van der Waals surface area contributed by atoms with Crippen LogP contribution in [0.2, 0.25) is 0 Å². The van der Waals surface area contributed by atoms with Gasteiger partial charge in [-0.05, 0) is 37.0 Å². The Hall–Kier alpha value is 0.01000. The lowest BCUT2D eigenvalue weighted by molar-refractivity contribution is 0.105. The van der Waals surface area contributed by atoms with Crippen molar-refractivity contribution >= 4 is 27.7 Å². The highest BCUT2D eigenvalue weighted by molar-refractivity contribution is 9.10. The number of aliphatic hydroxyl groups is 1. The van der Waals surface area contributed by atoms with E-state index >= 15 is 0 Å². The van der Waals surface area contributed by atoms with Gasteiger partial charge in [0.1, 0.15) is 0 Å². The summed E-state index contributed by atoms with van der Waals surface area (Å²) in [5, 5.41) is 10.2. The van der Waals surface area contributed by atoms with E-state index < -0.39 is 0 Å². The zero-order chi connectivity index (χ0) is 12.1. The SMILES string of the molecule is OC(CSc1cccc(Br)c1)C1CCCCC1. The lowest BCUT2D eigenvalue weighted by atomic mass is 9.86. The molecule has 1 aliphatic carbocycles. The maximum absolute atomic E-state index is 10.2.